The third-order valence-electron chi connectivity index (χ3n) is 6.88. The highest BCUT2D eigenvalue weighted by molar-refractivity contribution is 6.31. The van der Waals surface area contributed by atoms with E-state index >= 15 is 0 Å². The molecule has 0 saturated carbocycles. The Bertz CT molecular complexity index is 1620. The Morgan fingerprint density at radius 3 is 2.77 bits per heavy atom. The fraction of sp³-hybridized carbons (Fsp3) is 0.333. The van der Waals surface area contributed by atoms with E-state index in [-0.39, 0.29) is 11.3 Å². The van der Waals surface area contributed by atoms with Gasteiger partial charge in [0.05, 0.1) is 5.52 Å². The number of fused-ring (bicyclic) bond motifs is 4. The number of ether oxygens (including phenoxy) is 1. The summed E-state index contributed by atoms with van der Waals surface area (Å²) in [5, 5.41) is 1.35. The van der Waals surface area contributed by atoms with Gasteiger partial charge in [0.1, 0.15) is 11.4 Å². The first-order chi connectivity index (χ1) is 16.8. The molecule has 35 heavy (non-hydrogen) atoms. The predicted molar refractivity (Wildman–Crippen MR) is 135 cm³/mol. The van der Waals surface area contributed by atoms with Gasteiger partial charge in [-0.05, 0) is 50.0 Å². The third-order valence-corrected chi connectivity index (χ3v) is 7.12. The van der Waals surface area contributed by atoms with Crippen LogP contribution in [0.25, 0.3) is 22.2 Å². The summed E-state index contributed by atoms with van der Waals surface area (Å²) in [4.78, 5) is 26.0. The van der Waals surface area contributed by atoms with E-state index in [0.29, 0.717) is 17.0 Å². The van der Waals surface area contributed by atoms with E-state index in [1.807, 2.05) is 6.07 Å². The van der Waals surface area contributed by atoms with E-state index in [1.54, 1.807) is 12.1 Å². The molecule has 2 aliphatic heterocycles. The molecular weight excluding hydrogens is 468 g/mol. The van der Waals surface area contributed by atoms with Crippen molar-refractivity contribution >= 4 is 33.8 Å². The molecule has 0 saturated heterocycles. The Balaban J connectivity index is 1.25. The molecular formula is C27H25ClN2O5. The minimum Gasteiger partial charge on any atom is -0.487 e. The van der Waals surface area contributed by atoms with Crippen LogP contribution in [-0.4, -0.2) is 34.7 Å². The Morgan fingerprint density at radius 2 is 1.97 bits per heavy atom. The Labute approximate surface area is 206 Å². The summed E-state index contributed by atoms with van der Waals surface area (Å²) in [5.41, 5.74) is 3.24. The molecule has 0 unspecified atom stereocenters. The van der Waals surface area contributed by atoms with Crippen LogP contribution < -0.4 is 16.0 Å². The van der Waals surface area contributed by atoms with Crippen molar-refractivity contribution in [3.8, 4) is 5.75 Å². The van der Waals surface area contributed by atoms with Crippen LogP contribution >= 0.6 is 11.6 Å². The summed E-state index contributed by atoms with van der Waals surface area (Å²) in [6, 6.07) is 11.8. The number of halogens is 1. The zero-order valence-corrected chi connectivity index (χ0v) is 20.4. The molecule has 0 N–H and O–H groups in total. The first-order valence-electron chi connectivity index (χ1n) is 11.8. The molecule has 0 bridgehead atoms. The summed E-state index contributed by atoms with van der Waals surface area (Å²) < 4.78 is 18.1. The molecule has 0 spiro atoms. The lowest BCUT2D eigenvalue weighted by Crippen LogP contribution is -2.30. The highest BCUT2D eigenvalue weighted by Gasteiger charge is 2.32. The van der Waals surface area contributed by atoms with Crippen LogP contribution in [0.3, 0.4) is 0 Å². The molecule has 0 radical (unpaired) electrons. The maximum absolute atomic E-state index is 11.9. The fourth-order valence-electron chi connectivity index (χ4n) is 5.26. The number of aromatic nitrogens is 1. The topological polar surface area (TPSA) is 77.3 Å². The molecule has 2 aliphatic rings. The molecule has 4 heterocycles. The van der Waals surface area contributed by atoms with Crippen molar-refractivity contribution in [2.24, 2.45) is 0 Å². The summed E-state index contributed by atoms with van der Waals surface area (Å²) >= 11 is 6.16. The molecule has 6 rings (SSSR count). The molecule has 0 amide bonds. The van der Waals surface area contributed by atoms with Crippen molar-refractivity contribution in [1.82, 2.24) is 9.47 Å². The fourth-order valence-corrected chi connectivity index (χ4v) is 5.42. The number of hydrogen-bond acceptors (Lipinski definition) is 6. The number of hydrogen-bond donors (Lipinski definition) is 0. The maximum atomic E-state index is 11.9. The van der Waals surface area contributed by atoms with Crippen LogP contribution in [0, 0.1) is 0 Å². The SMILES string of the molecule is CC1(C)Cc2cccc(C3=CCN(CCc4c5ccc(Cl)cc5n5oc(=O)c(=O)oc45)CC3)c2O1. The standard InChI is InChI=1S/C27H25ClN2O5/c1-27(2)15-17-4-3-5-19(23(17)34-27)16-8-11-29(12-9-16)13-10-21-20-7-6-18(28)14-22(20)30-24(21)33-25(31)26(32)35-30/h3-8,14H,9-13,15H2,1-2H3. The van der Waals surface area contributed by atoms with Crippen LogP contribution in [0.4, 0.5) is 0 Å². The van der Waals surface area contributed by atoms with Crippen molar-refractivity contribution < 1.29 is 13.7 Å². The molecule has 2 aromatic carbocycles. The lowest BCUT2D eigenvalue weighted by Gasteiger charge is -2.27. The lowest BCUT2D eigenvalue weighted by atomic mass is 9.95. The average molecular weight is 493 g/mol. The van der Waals surface area contributed by atoms with Crippen molar-refractivity contribution in [1.29, 1.82) is 0 Å². The van der Waals surface area contributed by atoms with Gasteiger partial charge in [-0.15, -0.1) is 4.57 Å². The van der Waals surface area contributed by atoms with Gasteiger partial charge in [0, 0.05) is 47.6 Å². The summed E-state index contributed by atoms with van der Waals surface area (Å²) in [7, 11) is 0. The minimum absolute atomic E-state index is 0.166. The monoisotopic (exact) mass is 492 g/mol. The molecule has 0 atom stereocenters. The first kappa shape index (κ1) is 22.2. The smallest absolute Gasteiger partial charge is 0.442 e. The van der Waals surface area contributed by atoms with Gasteiger partial charge in [-0.3, -0.25) is 4.90 Å². The van der Waals surface area contributed by atoms with Gasteiger partial charge in [0.2, 0.25) is 5.71 Å². The van der Waals surface area contributed by atoms with Gasteiger partial charge in [-0.25, -0.2) is 9.59 Å². The van der Waals surface area contributed by atoms with Crippen molar-refractivity contribution in [2.75, 3.05) is 19.6 Å². The Hall–Kier alpha value is -3.29. The van der Waals surface area contributed by atoms with E-state index in [9.17, 15) is 9.59 Å². The average Bonchev–Trinajstić information content (AvgIpc) is 3.30. The van der Waals surface area contributed by atoms with E-state index < -0.39 is 11.3 Å². The Kier molecular flexibility index (Phi) is 5.16. The number of nitrogens with zero attached hydrogens (tertiary/aromatic N) is 2. The lowest BCUT2D eigenvalue weighted by molar-refractivity contribution is 0.138. The summed E-state index contributed by atoms with van der Waals surface area (Å²) in [6.45, 7) is 6.75. The number of benzene rings is 2. The molecule has 8 heteroatoms. The minimum atomic E-state index is -1.05. The second-order valence-electron chi connectivity index (χ2n) is 9.87. The van der Waals surface area contributed by atoms with E-state index in [2.05, 4.69) is 43.0 Å². The van der Waals surface area contributed by atoms with E-state index in [1.165, 1.54) is 21.3 Å². The van der Waals surface area contributed by atoms with Gasteiger partial charge in [-0.2, -0.15) is 0 Å². The van der Waals surface area contributed by atoms with Gasteiger partial charge in [-0.1, -0.05) is 41.9 Å². The number of para-hydroxylation sites is 1. The quantitative estimate of drug-likeness (QED) is 0.384. The molecule has 180 valence electrons. The molecule has 2 aromatic heterocycles. The van der Waals surface area contributed by atoms with Gasteiger partial charge < -0.3 is 13.7 Å². The molecule has 4 aromatic rings. The molecule has 0 fully saturated rings. The summed E-state index contributed by atoms with van der Waals surface area (Å²) in [5.74, 6) is 1.03. The van der Waals surface area contributed by atoms with Gasteiger partial charge >= 0.3 is 11.3 Å². The molecule has 0 aliphatic carbocycles. The number of rotatable bonds is 4. The normalized spacial score (nSPS) is 17.5. The summed E-state index contributed by atoms with van der Waals surface area (Å²) in [6.07, 6.45) is 4.77. The zero-order valence-electron chi connectivity index (χ0n) is 19.6. The Morgan fingerprint density at radius 1 is 1.11 bits per heavy atom. The highest BCUT2D eigenvalue weighted by Crippen LogP contribution is 2.41. The predicted octanol–water partition coefficient (Wildman–Crippen LogP) is 4.70. The van der Waals surface area contributed by atoms with Gasteiger partial charge in [0.15, 0.2) is 0 Å². The van der Waals surface area contributed by atoms with Gasteiger partial charge in [0.25, 0.3) is 0 Å². The van der Waals surface area contributed by atoms with Crippen LogP contribution in [0.2, 0.25) is 5.02 Å². The van der Waals surface area contributed by atoms with Crippen molar-refractivity contribution in [2.45, 2.75) is 38.7 Å². The van der Waals surface area contributed by atoms with E-state index in [4.69, 9.17) is 25.3 Å². The maximum Gasteiger partial charge on any atom is 0.442 e. The van der Waals surface area contributed by atoms with E-state index in [0.717, 1.165) is 49.2 Å². The molecule has 7 nitrogen and oxygen atoms in total. The van der Waals surface area contributed by atoms with Crippen LogP contribution in [-0.2, 0) is 12.8 Å². The van der Waals surface area contributed by atoms with Crippen molar-refractivity contribution in [3.63, 3.8) is 0 Å². The third kappa shape index (κ3) is 3.89. The second-order valence-corrected chi connectivity index (χ2v) is 10.3. The van der Waals surface area contributed by atoms with Crippen LogP contribution in [0.15, 0.2) is 61.0 Å². The first-order valence-corrected chi connectivity index (χ1v) is 12.2. The zero-order chi connectivity index (χ0) is 24.3. The highest BCUT2D eigenvalue weighted by atomic mass is 35.5. The van der Waals surface area contributed by atoms with Crippen molar-refractivity contribution in [3.05, 3.63) is 85.0 Å². The van der Waals surface area contributed by atoms with Crippen LogP contribution in [0.5, 0.6) is 5.75 Å². The van der Waals surface area contributed by atoms with Crippen LogP contribution in [0.1, 0.15) is 37.0 Å². The largest absolute Gasteiger partial charge is 0.487 e. The second kappa shape index (κ2) is 8.14.